The maximum absolute atomic E-state index is 10.3. The van der Waals surface area contributed by atoms with Crippen molar-refractivity contribution in [1.82, 2.24) is 0 Å². The number of carboxylic acids is 1. The Labute approximate surface area is 95.7 Å². The molecule has 0 spiro atoms. The Kier molecular flexibility index (Phi) is 7.35. The van der Waals surface area contributed by atoms with E-state index in [4.69, 9.17) is 16.6 Å². The smallest absolute Gasteiger partial charge is 0.339 e. The average molecular weight is 220 g/mol. The fraction of sp³-hybridized carbons (Fsp3) is 0.308. The number of carboxylic acid groups (broad SMARTS) is 1. The van der Waals surface area contributed by atoms with Gasteiger partial charge in [-0.05, 0) is 18.6 Å². The number of phenols is 1. The molecule has 0 fully saturated rings. The molecule has 3 heteroatoms. The van der Waals surface area contributed by atoms with Gasteiger partial charge in [-0.25, -0.2) is 4.79 Å². The van der Waals surface area contributed by atoms with Crippen LogP contribution >= 0.6 is 0 Å². The lowest BCUT2D eigenvalue weighted by atomic mass is 10.2. The third kappa shape index (κ3) is 5.71. The Hall–Kier alpha value is -1.95. The lowest BCUT2D eigenvalue weighted by molar-refractivity contribution is 0.0694. The van der Waals surface area contributed by atoms with Crippen LogP contribution in [0.5, 0.6) is 5.75 Å². The zero-order valence-electron chi connectivity index (χ0n) is 9.31. The molecule has 1 rings (SSSR count). The van der Waals surface area contributed by atoms with Crippen LogP contribution in [0.15, 0.2) is 24.3 Å². The number of rotatable bonds is 3. The van der Waals surface area contributed by atoms with Gasteiger partial charge in [-0.3, -0.25) is 0 Å². The molecular weight excluding hydrogens is 204 g/mol. The van der Waals surface area contributed by atoms with Gasteiger partial charge < -0.3 is 10.2 Å². The van der Waals surface area contributed by atoms with E-state index in [1.165, 1.54) is 25.0 Å². The molecule has 86 valence electrons. The quantitative estimate of drug-likeness (QED) is 0.608. The second-order valence-corrected chi connectivity index (χ2v) is 3.13. The van der Waals surface area contributed by atoms with Crippen LogP contribution in [-0.2, 0) is 0 Å². The summed E-state index contributed by atoms with van der Waals surface area (Å²) in [4.78, 5) is 10.3. The van der Waals surface area contributed by atoms with Crippen molar-refractivity contribution in [2.75, 3.05) is 0 Å². The second-order valence-electron chi connectivity index (χ2n) is 3.13. The second kappa shape index (κ2) is 8.37. The van der Waals surface area contributed by atoms with Crippen LogP contribution in [0.4, 0.5) is 0 Å². The first kappa shape index (κ1) is 14.1. The minimum absolute atomic E-state index is 0.0671. The van der Waals surface area contributed by atoms with Gasteiger partial charge in [-0.15, -0.1) is 12.3 Å². The predicted molar refractivity (Wildman–Crippen MR) is 63.4 cm³/mol. The number of terminal acetylenes is 1. The molecule has 0 heterocycles. The number of aromatic carboxylic acids is 1. The molecule has 1 aromatic rings. The SMILES string of the molecule is C#CCCCC.O=C(O)c1ccccc1O. The first-order valence-corrected chi connectivity index (χ1v) is 5.08. The van der Waals surface area contributed by atoms with Crippen LogP contribution in [0.25, 0.3) is 0 Å². The largest absolute Gasteiger partial charge is 0.507 e. The highest BCUT2D eigenvalue weighted by molar-refractivity contribution is 5.90. The van der Waals surface area contributed by atoms with E-state index in [1.54, 1.807) is 12.1 Å². The molecule has 0 radical (unpaired) electrons. The van der Waals surface area contributed by atoms with Crippen molar-refractivity contribution in [2.24, 2.45) is 0 Å². The van der Waals surface area contributed by atoms with Crippen molar-refractivity contribution in [1.29, 1.82) is 0 Å². The van der Waals surface area contributed by atoms with E-state index in [0.717, 1.165) is 6.42 Å². The molecule has 16 heavy (non-hydrogen) atoms. The van der Waals surface area contributed by atoms with Gasteiger partial charge in [0.25, 0.3) is 0 Å². The monoisotopic (exact) mass is 220 g/mol. The third-order valence-electron chi connectivity index (χ3n) is 1.81. The fourth-order valence-electron chi connectivity index (χ4n) is 0.933. The lowest BCUT2D eigenvalue weighted by Gasteiger charge is -1.95. The Morgan fingerprint density at radius 1 is 1.44 bits per heavy atom. The predicted octanol–water partition coefficient (Wildman–Crippen LogP) is 2.90. The number of hydrogen-bond acceptors (Lipinski definition) is 2. The van der Waals surface area contributed by atoms with Gasteiger partial charge in [-0.2, -0.15) is 0 Å². The van der Waals surface area contributed by atoms with E-state index in [9.17, 15) is 4.79 Å². The zero-order chi connectivity index (χ0) is 12.4. The Bertz CT molecular complexity index is 364. The van der Waals surface area contributed by atoms with Crippen LogP contribution in [0.2, 0.25) is 0 Å². The third-order valence-corrected chi connectivity index (χ3v) is 1.81. The topological polar surface area (TPSA) is 57.5 Å². The number of hydrogen-bond donors (Lipinski definition) is 2. The summed E-state index contributed by atoms with van der Waals surface area (Å²) in [5.74, 6) is 1.26. The van der Waals surface area contributed by atoms with Crippen LogP contribution in [0.3, 0.4) is 0 Å². The van der Waals surface area contributed by atoms with Crippen LogP contribution in [-0.4, -0.2) is 16.2 Å². The number of para-hydroxylation sites is 1. The summed E-state index contributed by atoms with van der Waals surface area (Å²) < 4.78 is 0. The number of aromatic hydroxyl groups is 1. The fourth-order valence-corrected chi connectivity index (χ4v) is 0.933. The molecule has 0 aliphatic heterocycles. The summed E-state index contributed by atoms with van der Waals surface area (Å²) >= 11 is 0. The van der Waals surface area contributed by atoms with E-state index in [1.807, 2.05) is 0 Å². The van der Waals surface area contributed by atoms with E-state index >= 15 is 0 Å². The highest BCUT2D eigenvalue weighted by Gasteiger charge is 2.05. The lowest BCUT2D eigenvalue weighted by Crippen LogP contribution is -1.95. The summed E-state index contributed by atoms with van der Waals surface area (Å²) in [5, 5.41) is 17.3. The van der Waals surface area contributed by atoms with Gasteiger partial charge in [0.1, 0.15) is 11.3 Å². The Balaban J connectivity index is 0.000000325. The van der Waals surface area contributed by atoms with Gasteiger partial charge in [0.15, 0.2) is 0 Å². The summed E-state index contributed by atoms with van der Waals surface area (Å²) in [6.07, 6.45) is 8.30. The molecule has 0 saturated carbocycles. The molecule has 0 amide bonds. The van der Waals surface area contributed by atoms with Crippen LogP contribution < -0.4 is 0 Å². The van der Waals surface area contributed by atoms with E-state index < -0.39 is 5.97 Å². The van der Waals surface area contributed by atoms with Crippen molar-refractivity contribution in [3.63, 3.8) is 0 Å². The molecule has 0 saturated heterocycles. The minimum atomic E-state index is -1.11. The molecule has 0 bridgehead atoms. The first-order chi connectivity index (χ1) is 7.63. The number of carbonyl (C=O) groups is 1. The standard InChI is InChI=1S/C7H6O3.C6H10/c8-6-4-2-1-3-5(6)7(9)10;1-3-5-6-4-2/h1-4,8H,(H,9,10);1H,4-6H2,2H3. The molecule has 0 aliphatic rings. The van der Waals surface area contributed by atoms with Crippen molar-refractivity contribution in [2.45, 2.75) is 26.2 Å². The molecule has 1 aromatic carbocycles. The molecule has 0 aromatic heterocycles. The van der Waals surface area contributed by atoms with Gasteiger partial charge >= 0.3 is 5.97 Å². The van der Waals surface area contributed by atoms with Gasteiger partial charge in [0.05, 0.1) is 0 Å². The summed E-state index contributed by atoms with van der Waals surface area (Å²) in [6, 6.07) is 5.81. The Morgan fingerprint density at radius 3 is 2.38 bits per heavy atom. The minimum Gasteiger partial charge on any atom is -0.507 e. The highest BCUT2D eigenvalue weighted by atomic mass is 16.4. The maximum Gasteiger partial charge on any atom is 0.339 e. The molecule has 0 unspecified atom stereocenters. The number of benzene rings is 1. The molecule has 2 N–H and O–H groups in total. The molecule has 3 nitrogen and oxygen atoms in total. The summed E-state index contributed by atoms with van der Waals surface area (Å²) in [5.41, 5.74) is -0.0671. The van der Waals surface area contributed by atoms with E-state index in [-0.39, 0.29) is 11.3 Å². The first-order valence-electron chi connectivity index (χ1n) is 5.08. The van der Waals surface area contributed by atoms with Crippen LogP contribution in [0, 0.1) is 12.3 Å². The van der Waals surface area contributed by atoms with Crippen molar-refractivity contribution in [3.8, 4) is 18.1 Å². The van der Waals surface area contributed by atoms with Gasteiger partial charge in [-0.1, -0.05) is 25.5 Å². The van der Waals surface area contributed by atoms with Crippen molar-refractivity contribution < 1.29 is 15.0 Å². The Morgan fingerprint density at radius 2 is 2.06 bits per heavy atom. The molecular formula is C13H16O3. The highest BCUT2D eigenvalue weighted by Crippen LogP contribution is 2.14. The molecule has 0 aliphatic carbocycles. The van der Waals surface area contributed by atoms with Crippen molar-refractivity contribution >= 4 is 5.97 Å². The summed E-state index contributed by atoms with van der Waals surface area (Å²) in [6.45, 7) is 2.14. The molecule has 0 atom stereocenters. The van der Waals surface area contributed by atoms with Gasteiger partial charge in [0, 0.05) is 6.42 Å². The van der Waals surface area contributed by atoms with E-state index in [2.05, 4.69) is 12.8 Å². The summed E-state index contributed by atoms with van der Waals surface area (Å²) in [7, 11) is 0. The zero-order valence-corrected chi connectivity index (χ0v) is 9.31. The van der Waals surface area contributed by atoms with E-state index in [0.29, 0.717) is 0 Å². The normalized spacial score (nSPS) is 8.50. The maximum atomic E-state index is 10.3. The average Bonchev–Trinajstić information content (AvgIpc) is 2.27. The van der Waals surface area contributed by atoms with Crippen molar-refractivity contribution in [3.05, 3.63) is 29.8 Å². The number of unbranched alkanes of at least 4 members (excludes halogenated alkanes) is 2. The van der Waals surface area contributed by atoms with Gasteiger partial charge in [0.2, 0.25) is 0 Å². The van der Waals surface area contributed by atoms with Crippen LogP contribution in [0.1, 0.15) is 36.5 Å².